The van der Waals surface area contributed by atoms with Crippen LogP contribution >= 0.6 is 0 Å². The van der Waals surface area contributed by atoms with Crippen LogP contribution in [-0.4, -0.2) is 48.8 Å². The Kier molecular flexibility index (Phi) is 6.20. The third kappa shape index (κ3) is 5.03. The number of benzene rings is 1. The summed E-state index contributed by atoms with van der Waals surface area (Å²) in [6.45, 7) is 12.9. The summed E-state index contributed by atoms with van der Waals surface area (Å²) in [5.74, 6) is 2.84. The van der Waals surface area contributed by atoms with Crippen LogP contribution in [0.5, 0.6) is 0 Å². The van der Waals surface area contributed by atoms with Crippen molar-refractivity contribution in [2.45, 2.75) is 34.2 Å². The number of carbonyl (C=O) groups excluding carboxylic acids is 1. The van der Waals surface area contributed by atoms with Crippen molar-refractivity contribution in [2.24, 2.45) is 0 Å². The molecule has 3 heterocycles. The van der Waals surface area contributed by atoms with Gasteiger partial charge in [-0.05, 0) is 44.9 Å². The lowest BCUT2D eigenvalue weighted by molar-refractivity contribution is -1.02. The zero-order chi connectivity index (χ0) is 22.0. The number of para-hydroxylation sites is 1. The first-order valence-electron chi connectivity index (χ1n) is 10.8. The summed E-state index contributed by atoms with van der Waals surface area (Å²) in [5, 5.41) is 11.5. The van der Waals surface area contributed by atoms with Gasteiger partial charge < -0.3 is 24.0 Å². The Morgan fingerprint density at radius 1 is 1.00 bits per heavy atom. The fourth-order valence-corrected chi connectivity index (χ4v) is 4.22. The lowest BCUT2D eigenvalue weighted by atomic mass is 10.1. The molecule has 8 nitrogen and oxygen atoms in total. The van der Waals surface area contributed by atoms with Gasteiger partial charge in [0.1, 0.15) is 37.7 Å². The van der Waals surface area contributed by atoms with Gasteiger partial charge in [-0.25, -0.2) is 0 Å². The maximum Gasteiger partial charge on any atom is 0.279 e. The highest BCUT2D eigenvalue weighted by atomic mass is 16.4. The van der Waals surface area contributed by atoms with Gasteiger partial charge in [-0.1, -0.05) is 18.2 Å². The van der Waals surface area contributed by atoms with Crippen LogP contribution in [0.25, 0.3) is 11.5 Å². The summed E-state index contributed by atoms with van der Waals surface area (Å²) in [6, 6.07) is 7.98. The van der Waals surface area contributed by atoms with E-state index >= 15 is 0 Å². The van der Waals surface area contributed by atoms with Crippen molar-refractivity contribution in [3.05, 3.63) is 52.8 Å². The van der Waals surface area contributed by atoms with Crippen molar-refractivity contribution in [3.63, 3.8) is 0 Å². The number of nitrogens with one attached hydrogen (secondary N) is 3. The minimum absolute atomic E-state index is 0.0724. The van der Waals surface area contributed by atoms with Crippen LogP contribution in [0, 0.1) is 27.7 Å². The quantitative estimate of drug-likeness (QED) is 0.535. The van der Waals surface area contributed by atoms with E-state index in [4.69, 9.17) is 8.83 Å². The van der Waals surface area contributed by atoms with E-state index in [1.807, 2.05) is 52.0 Å². The standard InChI is InChI=1S/C23H29N5O3/c1-15-6-5-7-16(2)22(15)24-20(29)13-27-8-10-28(11-9-27)14-21-25-26-23(31-21)19-12-17(3)30-18(19)4/h5-7,12H,8-11,13-14H2,1-4H3,(H,24,29)/p+2. The molecule has 0 bridgehead atoms. The Bertz CT molecular complexity index is 1040. The molecule has 31 heavy (non-hydrogen) atoms. The van der Waals surface area contributed by atoms with E-state index in [2.05, 4.69) is 15.5 Å². The number of piperazine rings is 1. The highest BCUT2D eigenvalue weighted by Crippen LogP contribution is 2.25. The Balaban J connectivity index is 1.26. The van der Waals surface area contributed by atoms with Crippen LogP contribution in [0.15, 0.2) is 33.1 Å². The molecule has 1 amide bonds. The first kappa shape index (κ1) is 21.3. The second-order valence-corrected chi connectivity index (χ2v) is 8.50. The zero-order valence-corrected chi connectivity index (χ0v) is 18.7. The fraction of sp³-hybridized carbons (Fsp3) is 0.435. The number of quaternary nitrogens is 2. The monoisotopic (exact) mass is 425 g/mol. The number of carbonyl (C=O) groups is 1. The van der Waals surface area contributed by atoms with Gasteiger partial charge in [-0.15, -0.1) is 10.2 Å². The number of anilines is 1. The van der Waals surface area contributed by atoms with Crippen LogP contribution in [-0.2, 0) is 11.3 Å². The number of hydrogen-bond donors (Lipinski definition) is 3. The zero-order valence-electron chi connectivity index (χ0n) is 18.7. The van der Waals surface area contributed by atoms with Crippen molar-refractivity contribution in [1.82, 2.24) is 10.2 Å². The van der Waals surface area contributed by atoms with Gasteiger partial charge in [0, 0.05) is 5.69 Å². The minimum atomic E-state index is 0.0724. The molecule has 1 saturated heterocycles. The van der Waals surface area contributed by atoms with E-state index in [0.717, 1.165) is 60.1 Å². The summed E-state index contributed by atoms with van der Waals surface area (Å²) in [7, 11) is 0. The van der Waals surface area contributed by atoms with Crippen LogP contribution in [0.2, 0.25) is 0 Å². The summed E-state index contributed by atoms with van der Waals surface area (Å²) < 4.78 is 11.4. The van der Waals surface area contributed by atoms with Crippen molar-refractivity contribution >= 4 is 11.6 Å². The second-order valence-electron chi connectivity index (χ2n) is 8.50. The smallest absolute Gasteiger partial charge is 0.279 e. The van der Waals surface area contributed by atoms with Crippen LogP contribution in [0.3, 0.4) is 0 Å². The van der Waals surface area contributed by atoms with E-state index in [1.54, 1.807) is 0 Å². The van der Waals surface area contributed by atoms with Gasteiger partial charge in [0.25, 0.3) is 17.7 Å². The number of nitrogens with zero attached hydrogens (tertiary/aromatic N) is 2. The molecule has 8 heteroatoms. The molecule has 1 aliphatic heterocycles. The largest absolute Gasteiger partial charge is 0.466 e. The molecule has 0 spiro atoms. The van der Waals surface area contributed by atoms with Crippen molar-refractivity contribution in [1.29, 1.82) is 0 Å². The predicted molar refractivity (Wildman–Crippen MR) is 116 cm³/mol. The average Bonchev–Trinajstić information content (AvgIpc) is 3.32. The van der Waals surface area contributed by atoms with E-state index in [-0.39, 0.29) is 5.91 Å². The second kappa shape index (κ2) is 9.03. The first-order valence-corrected chi connectivity index (χ1v) is 10.8. The number of furan rings is 1. The topological polar surface area (TPSA) is 90.0 Å². The molecule has 0 unspecified atom stereocenters. The third-order valence-corrected chi connectivity index (χ3v) is 5.96. The van der Waals surface area contributed by atoms with Crippen LogP contribution in [0.1, 0.15) is 28.5 Å². The molecule has 1 fully saturated rings. The number of aryl methyl sites for hydroxylation is 4. The van der Waals surface area contributed by atoms with Crippen molar-refractivity contribution in [3.8, 4) is 11.5 Å². The fourth-order valence-electron chi connectivity index (χ4n) is 4.22. The molecule has 3 N–H and O–H groups in total. The highest BCUT2D eigenvalue weighted by Gasteiger charge is 2.27. The van der Waals surface area contributed by atoms with Crippen LogP contribution in [0.4, 0.5) is 5.69 Å². The molecule has 3 aromatic rings. The molecule has 2 aromatic heterocycles. The molecular formula is C23H31N5O3+2. The molecule has 0 radical (unpaired) electrons. The molecule has 0 aliphatic carbocycles. The maximum atomic E-state index is 12.5. The first-order chi connectivity index (χ1) is 14.9. The Hall–Kier alpha value is -2.97. The summed E-state index contributed by atoms with van der Waals surface area (Å²) >= 11 is 0. The summed E-state index contributed by atoms with van der Waals surface area (Å²) in [4.78, 5) is 15.3. The van der Waals surface area contributed by atoms with E-state index in [1.165, 1.54) is 9.80 Å². The normalized spacial score (nSPS) is 18.8. The number of aromatic nitrogens is 2. The molecule has 1 aromatic carbocycles. The maximum absolute atomic E-state index is 12.5. The Labute approximate surface area is 182 Å². The van der Waals surface area contributed by atoms with Gasteiger partial charge in [0.2, 0.25) is 0 Å². The molecule has 0 atom stereocenters. The lowest BCUT2D eigenvalue weighted by Gasteiger charge is -2.28. The molecule has 4 rings (SSSR count). The third-order valence-electron chi connectivity index (χ3n) is 5.96. The molecule has 0 saturated carbocycles. The number of amides is 1. The van der Waals surface area contributed by atoms with Crippen molar-refractivity contribution < 1.29 is 23.4 Å². The van der Waals surface area contributed by atoms with Gasteiger partial charge in [0.15, 0.2) is 13.1 Å². The van der Waals surface area contributed by atoms with Gasteiger partial charge >= 0.3 is 0 Å². The SMILES string of the molecule is Cc1cc(-c2nnc(C[NH+]3CC[NH+](CC(=O)Nc4c(C)cccc4C)CC3)o2)c(C)o1. The molecule has 1 aliphatic rings. The Morgan fingerprint density at radius 3 is 2.32 bits per heavy atom. The number of rotatable bonds is 6. The van der Waals surface area contributed by atoms with Crippen molar-refractivity contribution in [2.75, 3.05) is 38.0 Å². The summed E-state index contributed by atoms with van der Waals surface area (Å²) in [6.07, 6.45) is 0. The lowest BCUT2D eigenvalue weighted by Crippen LogP contribution is -3.28. The highest BCUT2D eigenvalue weighted by molar-refractivity contribution is 5.93. The van der Waals surface area contributed by atoms with Gasteiger partial charge in [0.05, 0.1) is 5.56 Å². The average molecular weight is 426 g/mol. The Morgan fingerprint density at radius 2 is 1.68 bits per heavy atom. The predicted octanol–water partition coefficient (Wildman–Crippen LogP) is 0.485. The van der Waals surface area contributed by atoms with E-state index < -0.39 is 0 Å². The molecule has 164 valence electrons. The number of hydrogen-bond acceptors (Lipinski definition) is 5. The summed E-state index contributed by atoms with van der Waals surface area (Å²) in [5.41, 5.74) is 3.98. The molecular weight excluding hydrogens is 394 g/mol. The van der Waals surface area contributed by atoms with E-state index in [0.29, 0.717) is 24.9 Å². The minimum Gasteiger partial charge on any atom is -0.466 e. The van der Waals surface area contributed by atoms with Gasteiger partial charge in [-0.2, -0.15) is 0 Å². The van der Waals surface area contributed by atoms with Crippen LogP contribution < -0.4 is 15.1 Å². The van der Waals surface area contributed by atoms with E-state index in [9.17, 15) is 4.79 Å². The van der Waals surface area contributed by atoms with Gasteiger partial charge in [-0.3, -0.25) is 4.79 Å².